The summed E-state index contributed by atoms with van der Waals surface area (Å²) < 4.78 is 0. The number of anilines is 1. The van der Waals surface area contributed by atoms with Gasteiger partial charge in [-0.3, -0.25) is 10.2 Å². The maximum atomic E-state index is 11.9. The second-order valence-corrected chi connectivity index (χ2v) is 4.28. The third-order valence-corrected chi connectivity index (χ3v) is 2.72. The Kier molecular flexibility index (Phi) is 4.34. The van der Waals surface area contributed by atoms with Crippen LogP contribution in [0.4, 0.5) is 5.69 Å². The smallest absolute Gasteiger partial charge is 0.251 e. The number of rotatable bonds is 4. The fraction of sp³-hybridized carbons (Fsp3) is 0.0667. The Balaban J connectivity index is 1.91. The molecule has 0 radical (unpaired) electrons. The lowest BCUT2D eigenvalue weighted by Gasteiger charge is -2.07. The second-order valence-electron chi connectivity index (χ2n) is 4.28. The van der Waals surface area contributed by atoms with Gasteiger partial charge in [-0.2, -0.15) is 0 Å². The molecule has 5 nitrogen and oxygen atoms in total. The Hall–Kier alpha value is -2.82. The third-order valence-electron chi connectivity index (χ3n) is 2.72. The lowest BCUT2D eigenvalue weighted by molar-refractivity contribution is 0.0951. The summed E-state index contributed by atoms with van der Waals surface area (Å²) in [4.78, 5) is 11.9. The molecule has 0 atom stereocenters. The van der Waals surface area contributed by atoms with E-state index in [4.69, 9.17) is 11.1 Å². The number of hydrogen-bond donors (Lipinski definition) is 4. The SMILES string of the molecule is N=C(N)Nc1ccc(CNC(=O)c2ccccc2)cc1. The van der Waals surface area contributed by atoms with Gasteiger partial charge in [-0.15, -0.1) is 0 Å². The van der Waals surface area contributed by atoms with E-state index >= 15 is 0 Å². The first kappa shape index (κ1) is 13.6. The molecular weight excluding hydrogens is 252 g/mol. The molecule has 0 aliphatic heterocycles. The molecule has 1 amide bonds. The fourth-order valence-corrected chi connectivity index (χ4v) is 1.74. The zero-order valence-corrected chi connectivity index (χ0v) is 10.9. The van der Waals surface area contributed by atoms with Crippen molar-refractivity contribution in [1.82, 2.24) is 5.32 Å². The number of amides is 1. The van der Waals surface area contributed by atoms with Crippen LogP contribution in [-0.4, -0.2) is 11.9 Å². The lowest BCUT2D eigenvalue weighted by Crippen LogP contribution is -2.23. The van der Waals surface area contributed by atoms with E-state index in [1.807, 2.05) is 42.5 Å². The van der Waals surface area contributed by atoms with Crippen LogP contribution < -0.4 is 16.4 Å². The summed E-state index contributed by atoms with van der Waals surface area (Å²) in [5, 5.41) is 12.7. The van der Waals surface area contributed by atoms with Gasteiger partial charge in [0.15, 0.2) is 5.96 Å². The highest BCUT2D eigenvalue weighted by Gasteiger charge is 2.03. The minimum atomic E-state index is -0.102. The van der Waals surface area contributed by atoms with Gasteiger partial charge in [-0.25, -0.2) is 0 Å². The Bertz CT molecular complexity index is 593. The van der Waals surface area contributed by atoms with Crippen LogP contribution in [0.5, 0.6) is 0 Å². The first-order chi connectivity index (χ1) is 9.65. The van der Waals surface area contributed by atoms with Crippen LogP contribution in [0, 0.1) is 5.41 Å². The molecule has 2 aromatic carbocycles. The summed E-state index contributed by atoms with van der Waals surface area (Å²) in [7, 11) is 0. The maximum absolute atomic E-state index is 11.9. The molecule has 0 saturated carbocycles. The Labute approximate surface area is 117 Å². The van der Waals surface area contributed by atoms with Crippen LogP contribution in [0.25, 0.3) is 0 Å². The molecule has 2 rings (SSSR count). The van der Waals surface area contributed by atoms with Gasteiger partial charge >= 0.3 is 0 Å². The zero-order valence-electron chi connectivity index (χ0n) is 10.9. The first-order valence-electron chi connectivity index (χ1n) is 6.18. The summed E-state index contributed by atoms with van der Waals surface area (Å²) in [6, 6.07) is 16.4. The van der Waals surface area contributed by atoms with E-state index in [0.717, 1.165) is 11.3 Å². The summed E-state index contributed by atoms with van der Waals surface area (Å²) in [5.74, 6) is -0.202. The molecular formula is C15H16N4O. The number of nitrogens with two attached hydrogens (primary N) is 1. The van der Waals surface area contributed by atoms with E-state index in [1.165, 1.54) is 0 Å². The Morgan fingerprint density at radius 2 is 1.70 bits per heavy atom. The summed E-state index contributed by atoms with van der Waals surface area (Å²) in [6.45, 7) is 0.452. The van der Waals surface area contributed by atoms with Gasteiger partial charge < -0.3 is 16.4 Å². The van der Waals surface area contributed by atoms with Crippen LogP contribution >= 0.6 is 0 Å². The Morgan fingerprint density at radius 1 is 1.05 bits per heavy atom. The molecule has 0 bridgehead atoms. The average Bonchev–Trinajstić information content (AvgIpc) is 2.46. The molecule has 2 aromatic rings. The van der Waals surface area contributed by atoms with Crippen molar-refractivity contribution in [2.45, 2.75) is 6.54 Å². The third kappa shape index (κ3) is 3.84. The largest absolute Gasteiger partial charge is 0.370 e. The van der Waals surface area contributed by atoms with E-state index in [9.17, 15) is 4.79 Å². The predicted octanol–water partition coefficient (Wildman–Crippen LogP) is 1.92. The fourth-order valence-electron chi connectivity index (χ4n) is 1.74. The molecule has 102 valence electrons. The predicted molar refractivity (Wildman–Crippen MR) is 79.6 cm³/mol. The summed E-state index contributed by atoms with van der Waals surface area (Å²) in [5.41, 5.74) is 7.60. The highest BCUT2D eigenvalue weighted by Crippen LogP contribution is 2.09. The molecule has 0 fully saturated rings. The first-order valence-corrected chi connectivity index (χ1v) is 6.18. The molecule has 0 heterocycles. The lowest BCUT2D eigenvalue weighted by atomic mass is 10.2. The van der Waals surface area contributed by atoms with Crippen LogP contribution in [0.2, 0.25) is 0 Å². The van der Waals surface area contributed by atoms with Crippen molar-refractivity contribution >= 4 is 17.6 Å². The van der Waals surface area contributed by atoms with Crippen LogP contribution in [0.3, 0.4) is 0 Å². The Morgan fingerprint density at radius 3 is 2.30 bits per heavy atom. The van der Waals surface area contributed by atoms with E-state index in [-0.39, 0.29) is 11.9 Å². The van der Waals surface area contributed by atoms with Crippen molar-refractivity contribution in [1.29, 1.82) is 5.41 Å². The second kappa shape index (κ2) is 6.38. The highest BCUT2D eigenvalue weighted by atomic mass is 16.1. The van der Waals surface area contributed by atoms with Gasteiger partial charge in [0.25, 0.3) is 5.91 Å². The number of benzene rings is 2. The normalized spacial score (nSPS) is 9.80. The van der Waals surface area contributed by atoms with Crippen molar-refractivity contribution in [3.05, 3.63) is 65.7 Å². The van der Waals surface area contributed by atoms with E-state index in [1.54, 1.807) is 12.1 Å². The summed E-state index contributed by atoms with van der Waals surface area (Å²) >= 11 is 0. The van der Waals surface area contributed by atoms with Gasteiger partial charge in [-0.1, -0.05) is 30.3 Å². The molecule has 0 aromatic heterocycles. The van der Waals surface area contributed by atoms with Crippen molar-refractivity contribution in [2.24, 2.45) is 5.73 Å². The molecule has 0 spiro atoms. The highest BCUT2D eigenvalue weighted by molar-refractivity contribution is 5.94. The average molecular weight is 268 g/mol. The van der Waals surface area contributed by atoms with Crippen molar-refractivity contribution in [2.75, 3.05) is 5.32 Å². The summed E-state index contributed by atoms with van der Waals surface area (Å²) in [6.07, 6.45) is 0. The van der Waals surface area contributed by atoms with Gasteiger partial charge in [0, 0.05) is 17.8 Å². The van der Waals surface area contributed by atoms with E-state index in [2.05, 4.69) is 10.6 Å². The standard InChI is InChI=1S/C15H16N4O/c16-15(17)19-13-8-6-11(7-9-13)10-18-14(20)12-4-2-1-3-5-12/h1-9H,10H2,(H,18,20)(H4,16,17,19). The van der Waals surface area contributed by atoms with Gasteiger partial charge in [0.05, 0.1) is 0 Å². The van der Waals surface area contributed by atoms with Crippen molar-refractivity contribution < 1.29 is 4.79 Å². The van der Waals surface area contributed by atoms with Gasteiger partial charge in [0.1, 0.15) is 0 Å². The minimum absolute atomic E-state index is 0.100. The zero-order chi connectivity index (χ0) is 14.4. The van der Waals surface area contributed by atoms with Crippen molar-refractivity contribution in [3.63, 3.8) is 0 Å². The van der Waals surface area contributed by atoms with Gasteiger partial charge in [0.2, 0.25) is 0 Å². The van der Waals surface area contributed by atoms with Crippen LogP contribution in [-0.2, 0) is 6.54 Å². The number of guanidine groups is 1. The quantitative estimate of drug-likeness (QED) is 0.504. The van der Waals surface area contributed by atoms with Crippen molar-refractivity contribution in [3.8, 4) is 0 Å². The molecule has 0 unspecified atom stereocenters. The van der Waals surface area contributed by atoms with E-state index < -0.39 is 0 Å². The number of hydrogen-bond acceptors (Lipinski definition) is 2. The minimum Gasteiger partial charge on any atom is -0.370 e. The number of nitrogens with one attached hydrogen (secondary N) is 3. The molecule has 0 saturated heterocycles. The maximum Gasteiger partial charge on any atom is 0.251 e. The monoisotopic (exact) mass is 268 g/mol. The topological polar surface area (TPSA) is 91.0 Å². The van der Waals surface area contributed by atoms with Crippen LogP contribution in [0.1, 0.15) is 15.9 Å². The number of carbonyl (C=O) groups is 1. The van der Waals surface area contributed by atoms with Crippen LogP contribution in [0.15, 0.2) is 54.6 Å². The molecule has 5 N–H and O–H groups in total. The van der Waals surface area contributed by atoms with Gasteiger partial charge in [-0.05, 0) is 29.8 Å². The molecule has 20 heavy (non-hydrogen) atoms. The molecule has 0 aliphatic carbocycles. The number of carbonyl (C=O) groups excluding carboxylic acids is 1. The van der Waals surface area contributed by atoms with E-state index in [0.29, 0.717) is 12.1 Å². The molecule has 5 heteroatoms. The molecule has 0 aliphatic rings.